The molecule has 0 saturated heterocycles. The summed E-state index contributed by atoms with van der Waals surface area (Å²) >= 11 is 15.3. The lowest BCUT2D eigenvalue weighted by molar-refractivity contribution is 0.0944. The van der Waals surface area contributed by atoms with Crippen LogP contribution in [0, 0.1) is 5.41 Å². The second-order valence-corrected chi connectivity index (χ2v) is 6.38. The van der Waals surface area contributed by atoms with Crippen LogP contribution in [0.2, 0.25) is 10.0 Å². The van der Waals surface area contributed by atoms with E-state index in [4.69, 9.17) is 23.2 Å². The van der Waals surface area contributed by atoms with E-state index < -0.39 is 0 Å². The first-order valence-electron chi connectivity index (χ1n) is 5.86. The molecule has 98 valence electrons. The maximum absolute atomic E-state index is 12.0. The maximum atomic E-state index is 12.0. The monoisotopic (exact) mass is 349 g/mol. The van der Waals surface area contributed by atoms with Crippen molar-refractivity contribution in [3.05, 3.63) is 33.8 Å². The molecule has 1 amide bonds. The third-order valence-corrected chi connectivity index (χ3v) is 4.34. The highest BCUT2D eigenvalue weighted by Crippen LogP contribution is 2.48. The second kappa shape index (κ2) is 5.81. The molecule has 2 nitrogen and oxygen atoms in total. The number of carbonyl (C=O) groups is 1. The van der Waals surface area contributed by atoms with Gasteiger partial charge in [-0.25, -0.2) is 0 Å². The fraction of sp³-hybridized carbons (Fsp3) is 0.462. The Labute approximate surface area is 125 Å². The average Bonchev–Trinajstić information content (AvgIpc) is 3.10. The predicted molar refractivity (Wildman–Crippen MR) is 78.9 cm³/mol. The van der Waals surface area contributed by atoms with Gasteiger partial charge in [0.25, 0.3) is 5.91 Å². The summed E-state index contributed by atoms with van der Waals surface area (Å²) in [5, 5.41) is 4.88. The molecule has 1 aromatic rings. The van der Waals surface area contributed by atoms with Gasteiger partial charge in [-0.15, -0.1) is 0 Å². The summed E-state index contributed by atoms with van der Waals surface area (Å²) in [6.07, 6.45) is 3.46. The molecule has 0 bridgehead atoms. The van der Waals surface area contributed by atoms with Crippen molar-refractivity contribution in [2.24, 2.45) is 5.41 Å². The van der Waals surface area contributed by atoms with E-state index in [2.05, 4.69) is 21.2 Å². The number of halogens is 3. The lowest BCUT2D eigenvalue weighted by Gasteiger charge is -2.15. The van der Waals surface area contributed by atoms with Gasteiger partial charge in [-0.2, -0.15) is 0 Å². The zero-order valence-corrected chi connectivity index (χ0v) is 12.9. The molecule has 0 spiro atoms. The van der Waals surface area contributed by atoms with Crippen LogP contribution in [0.25, 0.3) is 0 Å². The molecule has 18 heavy (non-hydrogen) atoms. The third-order valence-electron chi connectivity index (χ3n) is 3.38. The van der Waals surface area contributed by atoms with Crippen molar-refractivity contribution < 1.29 is 4.79 Å². The van der Waals surface area contributed by atoms with E-state index >= 15 is 0 Å². The topological polar surface area (TPSA) is 29.1 Å². The van der Waals surface area contributed by atoms with E-state index in [9.17, 15) is 4.79 Å². The van der Waals surface area contributed by atoms with Gasteiger partial charge in [0.2, 0.25) is 0 Å². The number of nitrogens with one attached hydrogen (secondary N) is 1. The lowest BCUT2D eigenvalue weighted by Crippen LogP contribution is -2.30. The quantitative estimate of drug-likeness (QED) is 0.788. The van der Waals surface area contributed by atoms with Gasteiger partial charge >= 0.3 is 0 Å². The first kappa shape index (κ1) is 14.2. The van der Waals surface area contributed by atoms with Gasteiger partial charge in [-0.1, -0.05) is 39.1 Å². The molecule has 0 aromatic heterocycles. The number of hydrogen-bond donors (Lipinski definition) is 1. The number of rotatable bonds is 5. The largest absolute Gasteiger partial charge is 0.351 e. The molecule has 0 aliphatic heterocycles. The van der Waals surface area contributed by atoms with Crippen LogP contribution in [0.15, 0.2) is 18.2 Å². The minimum Gasteiger partial charge on any atom is -0.351 e. The number of benzene rings is 1. The molecule has 1 N–H and O–H groups in total. The second-order valence-electron chi connectivity index (χ2n) is 4.75. The van der Waals surface area contributed by atoms with Crippen LogP contribution in [0.4, 0.5) is 0 Å². The molecule has 1 saturated carbocycles. The van der Waals surface area contributed by atoms with Crippen LogP contribution in [-0.2, 0) is 0 Å². The fourth-order valence-electron chi connectivity index (χ4n) is 1.93. The van der Waals surface area contributed by atoms with E-state index in [-0.39, 0.29) is 5.91 Å². The number of carbonyl (C=O) groups excluding carboxylic acids is 1. The highest BCUT2D eigenvalue weighted by molar-refractivity contribution is 9.09. The van der Waals surface area contributed by atoms with Crippen LogP contribution in [0.1, 0.15) is 29.6 Å². The molecule has 2 rings (SSSR count). The highest BCUT2D eigenvalue weighted by Gasteiger charge is 2.41. The Morgan fingerprint density at radius 2 is 2.11 bits per heavy atom. The van der Waals surface area contributed by atoms with Crippen molar-refractivity contribution in [2.45, 2.75) is 19.3 Å². The summed E-state index contributed by atoms with van der Waals surface area (Å²) in [7, 11) is 0. The first-order chi connectivity index (χ1) is 8.56. The Hall–Kier alpha value is -0.250. The zero-order valence-electron chi connectivity index (χ0n) is 9.81. The van der Waals surface area contributed by atoms with Gasteiger partial charge in [0.1, 0.15) is 0 Å². The Morgan fingerprint density at radius 1 is 1.39 bits per heavy atom. The maximum Gasteiger partial charge on any atom is 0.252 e. The fourth-order valence-corrected chi connectivity index (χ4v) is 3.14. The van der Waals surface area contributed by atoms with Gasteiger partial charge < -0.3 is 5.32 Å². The van der Waals surface area contributed by atoms with E-state index in [0.717, 1.165) is 11.8 Å². The minimum atomic E-state index is -0.150. The minimum absolute atomic E-state index is 0.150. The standard InChI is InChI=1S/C13H14BrCl2NO/c14-6-5-13(3-4-13)8-17-12(18)10-7-9(15)1-2-11(10)16/h1-2,7H,3-6,8H2,(H,17,18). The Morgan fingerprint density at radius 3 is 2.72 bits per heavy atom. The van der Waals surface area contributed by atoms with E-state index in [1.165, 1.54) is 12.8 Å². The van der Waals surface area contributed by atoms with Crippen molar-refractivity contribution in [1.29, 1.82) is 0 Å². The van der Waals surface area contributed by atoms with Crippen LogP contribution in [0.5, 0.6) is 0 Å². The summed E-state index contributed by atoms with van der Waals surface area (Å²) in [5.41, 5.74) is 0.739. The van der Waals surface area contributed by atoms with Crippen LogP contribution >= 0.6 is 39.1 Å². The molecule has 1 aromatic carbocycles. The lowest BCUT2D eigenvalue weighted by atomic mass is 10.0. The van der Waals surface area contributed by atoms with Crippen molar-refractivity contribution in [2.75, 3.05) is 11.9 Å². The Bertz CT molecular complexity index is 460. The average molecular weight is 351 g/mol. The summed E-state index contributed by atoms with van der Waals surface area (Å²) in [6, 6.07) is 4.92. The highest BCUT2D eigenvalue weighted by atomic mass is 79.9. The van der Waals surface area contributed by atoms with Gasteiger partial charge in [-0.3, -0.25) is 4.79 Å². The summed E-state index contributed by atoms with van der Waals surface area (Å²) in [4.78, 5) is 12.0. The van der Waals surface area contributed by atoms with Crippen LogP contribution in [-0.4, -0.2) is 17.8 Å². The Kier molecular flexibility index (Phi) is 4.57. The molecule has 1 fully saturated rings. The van der Waals surface area contributed by atoms with E-state index in [1.54, 1.807) is 18.2 Å². The van der Waals surface area contributed by atoms with Gasteiger partial charge in [-0.05, 0) is 42.9 Å². The van der Waals surface area contributed by atoms with Crippen molar-refractivity contribution >= 4 is 45.0 Å². The molecule has 0 radical (unpaired) electrons. The van der Waals surface area contributed by atoms with Crippen molar-refractivity contribution in [1.82, 2.24) is 5.32 Å². The van der Waals surface area contributed by atoms with Crippen molar-refractivity contribution in [3.63, 3.8) is 0 Å². The first-order valence-corrected chi connectivity index (χ1v) is 7.73. The van der Waals surface area contributed by atoms with Gasteiger partial charge in [0.15, 0.2) is 0 Å². The number of alkyl halides is 1. The summed E-state index contributed by atoms with van der Waals surface area (Å²) < 4.78 is 0. The third kappa shape index (κ3) is 3.40. The molecule has 0 unspecified atom stereocenters. The normalized spacial score (nSPS) is 16.4. The van der Waals surface area contributed by atoms with E-state index in [0.29, 0.717) is 27.6 Å². The van der Waals surface area contributed by atoms with Crippen molar-refractivity contribution in [3.8, 4) is 0 Å². The van der Waals surface area contributed by atoms with E-state index in [1.807, 2.05) is 0 Å². The van der Waals surface area contributed by atoms with Gasteiger partial charge in [0, 0.05) is 16.9 Å². The molecule has 1 aliphatic carbocycles. The molecule has 0 atom stereocenters. The smallest absolute Gasteiger partial charge is 0.252 e. The summed E-state index contributed by atoms with van der Waals surface area (Å²) in [6.45, 7) is 0.709. The predicted octanol–water partition coefficient (Wildman–Crippen LogP) is 4.29. The van der Waals surface area contributed by atoms with Gasteiger partial charge in [0.05, 0.1) is 10.6 Å². The van der Waals surface area contributed by atoms with Crippen LogP contribution < -0.4 is 5.32 Å². The molecule has 0 heterocycles. The van der Waals surface area contributed by atoms with Crippen LogP contribution in [0.3, 0.4) is 0 Å². The number of amides is 1. The molecule has 5 heteroatoms. The molecular weight excluding hydrogens is 337 g/mol. The SMILES string of the molecule is O=C(NCC1(CCBr)CC1)c1cc(Cl)ccc1Cl. The zero-order chi connectivity index (χ0) is 13.2. The molecule has 1 aliphatic rings. The Balaban J connectivity index is 1.98. The molecular formula is C13H14BrCl2NO. The number of hydrogen-bond acceptors (Lipinski definition) is 1. The summed E-state index contributed by atoms with van der Waals surface area (Å²) in [5.74, 6) is -0.150.